The maximum atomic E-state index is 8.74. The van der Waals surface area contributed by atoms with Gasteiger partial charge in [0.15, 0.2) is 0 Å². The van der Waals surface area contributed by atoms with Crippen LogP contribution in [0.1, 0.15) is 11.1 Å². The number of aliphatic hydroxyl groups is 1. The van der Waals surface area contributed by atoms with E-state index in [1.54, 1.807) is 6.07 Å². The van der Waals surface area contributed by atoms with Crippen molar-refractivity contribution < 1.29 is 5.11 Å². The molecule has 1 nitrogen and oxygen atoms in total. The maximum absolute atomic E-state index is 8.74. The molecule has 1 N–H and O–H groups in total. The summed E-state index contributed by atoms with van der Waals surface area (Å²) in [6.45, 7) is 2.04. The molecule has 0 saturated carbocycles. The SMILES string of the molecule is Cc1c(Cl)cc(Cl)cc1CCO. The zero-order chi connectivity index (χ0) is 9.14. The molecule has 12 heavy (non-hydrogen) atoms. The highest BCUT2D eigenvalue weighted by molar-refractivity contribution is 6.35. The van der Waals surface area contributed by atoms with Gasteiger partial charge in [0.05, 0.1) is 0 Å². The molecule has 3 heteroatoms. The molecule has 1 aromatic rings. The lowest BCUT2D eigenvalue weighted by atomic mass is 10.1. The van der Waals surface area contributed by atoms with Crippen molar-refractivity contribution in [1.29, 1.82) is 0 Å². The van der Waals surface area contributed by atoms with Crippen LogP contribution in [0.4, 0.5) is 0 Å². The number of aliphatic hydroxyl groups excluding tert-OH is 1. The summed E-state index contributed by atoms with van der Waals surface area (Å²) in [7, 11) is 0. The molecule has 0 radical (unpaired) electrons. The van der Waals surface area contributed by atoms with Gasteiger partial charge in [0.2, 0.25) is 0 Å². The Morgan fingerprint density at radius 3 is 2.58 bits per heavy atom. The minimum Gasteiger partial charge on any atom is -0.396 e. The van der Waals surface area contributed by atoms with E-state index in [2.05, 4.69) is 0 Å². The molecular formula is C9H10Cl2O. The Morgan fingerprint density at radius 2 is 2.00 bits per heavy atom. The van der Waals surface area contributed by atoms with Gasteiger partial charge in [-0.05, 0) is 36.6 Å². The number of hydrogen-bond acceptors (Lipinski definition) is 1. The lowest BCUT2D eigenvalue weighted by Gasteiger charge is -2.06. The Morgan fingerprint density at radius 1 is 1.33 bits per heavy atom. The molecule has 1 aromatic carbocycles. The Balaban J connectivity index is 3.09. The Bertz CT molecular complexity index is 284. The smallest absolute Gasteiger partial charge is 0.0471 e. The van der Waals surface area contributed by atoms with Crippen LogP contribution in [0.3, 0.4) is 0 Å². The second-order valence-corrected chi connectivity index (χ2v) is 3.49. The number of rotatable bonds is 2. The molecule has 0 aliphatic rings. The number of hydrogen-bond donors (Lipinski definition) is 1. The molecule has 0 heterocycles. The summed E-state index contributed by atoms with van der Waals surface area (Å²) < 4.78 is 0. The average molecular weight is 205 g/mol. The highest BCUT2D eigenvalue weighted by Crippen LogP contribution is 2.24. The van der Waals surface area contributed by atoms with E-state index in [0.717, 1.165) is 11.1 Å². The van der Waals surface area contributed by atoms with Gasteiger partial charge in [-0.15, -0.1) is 0 Å². The van der Waals surface area contributed by atoms with E-state index in [9.17, 15) is 0 Å². The normalized spacial score (nSPS) is 10.3. The monoisotopic (exact) mass is 204 g/mol. The molecule has 0 saturated heterocycles. The third-order valence-corrected chi connectivity index (χ3v) is 2.41. The van der Waals surface area contributed by atoms with E-state index >= 15 is 0 Å². The molecule has 0 amide bonds. The van der Waals surface area contributed by atoms with Gasteiger partial charge in [-0.1, -0.05) is 23.2 Å². The van der Waals surface area contributed by atoms with Gasteiger partial charge in [0.1, 0.15) is 0 Å². The Labute approximate surface area is 81.9 Å². The predicted octanol–water partition coefficient (Wildman–Crippen LogP) is 2.84. The van der Waals surface area contributed by atoms with Gasteiger partial charge in [0, 0.05) is 16.7 Å². The molecule has 1 rings (SSSR count). The molecule has 0 bridgehead atoms. The lowest BCUT2D eigenvalue weighted by molar-refractivity contribution is 0.299. The highest BCUT2D eigenvalue weighted by atomic mass is 35.5. The topological polar surface area (TPSA) is 20.2 Å². The summed E-state index contributed by atoms with van der Waals surface area (Å²) in [5.74, 6) is 0. The standard InChI is InChI=1S/C9H10Cl2O/c1-6-7(2-3-12)4-8(10)5-9(6)11/h4-5,12H,2-3H2,1H3. The van der Waals surface area contributed by atoms with E-state index in [-0.39, 0.29) is 6.61 Å². The van der Waals surface area contributed by atoms with Crippen LogP contribution in [0.15, 0.2) is 12.1 Å². The van der Waals surface area contributed by atoms with Gasteiger partial charge in [0.25, 0.3) is 0 Å². The molecule has 0 aliphatic carbocycles. The number of benzene rings is 1. The zero-order valence-electron chi connectivity index (χ0n) is 6.77. The molecular weight excluding hydrogens is 195 g/mol. The summed E-state index contributed by atoms with van der Waals surface area (Å²) in [6.07, 6.45) is 0.603. The van der Waals surface area contributed by atoms with Gasteiger partial charge in [-0.25, -0.2) is 0 Å². The van der Waals surface area contributed by atoms with Crippen LogP contribution in [0.25, 0.3) is 0 Å². The Kier molecular flexibility index (Phi) is 3.39. The molecule has 0 fully saturated rings. The molecule has 0 aliphatic heterocycles. The van der Waals surface area contributed by atoms with Gasteiger partial charge in [-0.3, -0.25) is 0 Å². The maximum Gasteiger partial charge on any atom is 0.0471 e. The second-order valence-electron chi connectivity index (χ2n) is 2.65. The number of halogens is 2. The van der Waals surface area contributed by atoms with Crippen molar-refractivity contribution in [1.82, 2.24) is 0 Å². The van der Waals surface area contributed by atoms with E-state index < -0.39 is 0 Å². The summed E-state index contributed by atoms with van der Waals surface area (Å²) in [5, 5.41) is 10.0. The third kappa shape index (κ3) is 2.13. The third-order valence-electron chi connectivity index (χ3n) is 1.80. The van der Waals surface area contributed by atoms with E-state index in [0.29, 0.717) is 16.5 Å². The van der Waals surface area contributed by atoms with Crippen molar-refractivity contribution in [2.45, 2.75) is 13.3 Å². The quantitative estimate of drug-likeness (QED) is 0.786. The minimum atomic E-state index is 0.123. The van der Waals surface area contributed by atoms with Crippen LogP contribution >= 0.6 is 23.2 Å². The van der Waals surface area contributed by atoms with Crippen molar-refractivity contribution >= 4 is 23.2 Å². The highest BCUT2D eigenvalue weighted by Gasteiger charge is 2.03. The van der Waals surface area contributed by atoms with Crippen LogP contribution < -0.4 is 0 Å². The van der Waals surface area contributed by atoms with Crippen molar-refractivity contribution in [2.24, 2.45) is 0 Å². The molecule has 0 unspecified atom stereocenters. The first-order chi connectivity index (χ1) is 5.65. The molecule has 0 spiro atoms. The van der Waals surface area contributed by atoms with Crippen LogP contribution in [-0.4, -0.2) is 11.7 Å². The van der Waals surface area contributed by atoms with Crippen LogP contribution in [-0.2, 0) is 6.42 Å². The van der Waals surface area contributed by atoms with Crippen molar-refractivity contribution in [3.63, 3.8) is 0 Å². The van der Waals surface area contributed by atoms with Gasteiger partial charge < -0.3 is 5.11 Å². The van der Waals surface area contributed by atoms with Gasteiger partial charge >= 0.3 is 0 Å². The van der Waals surface area contributed by atoms with Crippen LogP contribution in [0, 0.1) is 6.92 Å². The fourth-order valence-electron chi connectivity index (χ4n) is 1.08. The molecule has 0 atom stereocenters. The van der Waals surface area contributed by atoms with Crippen molar-refractivity contribution in [3.8, 4) is 0 Å². The minimum absolute atomic E-state index is 0.123. The van der Waals surface area contributed by atoms with Crippen molar-refractivity contribution in [2.75, 3.05) is 6.61 Å². The first-order valence-electron chi connectivity index (χ1n) is 3.70. The lowest BCUT2D eigenvalue weighted by Crippen LogP contribution is -1.94. The largest absolute Gasteiger partial charge is 0.396 e. The fourth-order valence-corrected chi connectivity index (χ4v) is 1.61. The summed E-state index contributed by atoms with van der Waals surface area (Å²) in [6, 6.07) is 3.54. The summed E-state index contributed by atoms with van der Waals surface area (Å²) in [4.78, 5) is 0. The zero-order valence-corrected chi connectivity index (χ0v) is 8.28. The second kappa shape index (κ2) is 4.13. The van der Waals surface area contributed by atoms with Crippen LogP contribution in [0.5, 0.6) is 0 Å². The van der Waals surface area contributed by atoms with Crippen LogP contribution in [0.2, 0.25) is 10.0 Å². The van der Waals surface area contributed by atoms with E-state index in [1.807, 2.05) is 13.0 Å². The first kappa shape index (κ1) is 9.85. The van der Waals surface area contributed by atoms with E-state index in [1.165, 1.54) is 0 Å². The first-order valence-corrected chi connectivity index (χ1v) is 4.46. The predicted molar refractivity (Wildman–Crippen MR) is 52.0 cm³/mol. The fraction of sp³-hybridized carbons (Fsp3) is 0.333. The summed E-state index contributed by atoms with van der Waals surface area (Å²) in [5.41, 5.74) is 2.00. The summed E-state index contributed by atoms with van der Waals surface area (Å²) >= 11 is 11.7. The molecule has 66 valence electrons. The Hall–Kier alpha value is -0.240. The molecule has 0 aromatic heterocycles. The van der Waals surface area contributed by atoms with Crippen molar-refractivity contribution in [3.05, 3.63) is 33.3 Å². The van der Waals surface area contributed by atoms with E-state index in [4.69, 9.17) is 28.3 Å². The average Bonchev–Trinajstić information content (AvgIpc) is 2.00. The van der Waals surface area contributed by atoms with Gasteiger partial charge in [-0.2, -0.15) is 0 Å².